The van der Waals surface area contributed by atoms with E-state index >= 15 is 0 Å². The summed E-state index contributed by atoms with van der Waals surface area (Å²) in [5.74, 6) is 0.0405. The highest BCUT2D eigenvalue weighted by Gasteiger charge is 2.34. The van der Waals surface area contributed by atoms with E-state index in [0.29, 0.717) is 0 Å². The number of fused-ring (bicyclic) bond motifs is 1. The summed E-state index contributed by atoms with van der Waals surface area (Å²) in [6.45, 7) is 0.663. The molecule has 0 fully saturated rings. The quantitative estimate of drug-likeness (QED) is 0.514. The summed E-state index contributed by atoms with van der Waals surface area (Å²) in [5.41, 5.74) is 0.518. The summed E-state index contributed by atoms with van der Waals surface area (Å²) in [4.78, 5) is 12.5. The molecule has 1 amide bonds. The van der Waals surface area contributed by atoms with E-state index in [1.54, 1.807) is 22.9 Å². The minimum absolute atomic E-state index is 0.108. The summed E-state index contributed by atoms with van der Waals surface area (Å²) >= 11 is 0. The lowest BCUT2D eigenvalue weighted by Gasteiger charge is -2.13. The number of anilines is 1. The molecule has 1 N–H and O–H groups in total. The second-order valence-corrected chi connectivity index (χ2v) is 6.91. The van der Waals surface area contributed by atoms with Crippen LogP contribution in [0.15, 0.2) is 54.7 Å². The highest BCUT2D eigenvalue weighted by molar-refractivity contribution is 5.90. The van der Waals surface area contributed by atoms with Crippen LogP contribution in [-0.2, 0) is 30.5 Å². The van der Waals surface area contributed by atoms with Gasteiger partial charge in [-0.15, -0.1) is 0 Å². The molecule has 4 rings (SSSR count). The first-order chi connectivity index (χ1) is 13.8. The number of benzene rings is 2. The molecule has 150 valence electrons. The Hall–Kier alpha value is -3.16. The first-order valence-electron chi connectivity index (χ1n) is 9.17. The van der Waals surface area contributed by atoms with Gasteiger partial charge in [0.1, 0.15) is 12.0 Å². The van der Waals surface area contributed by atoms with E-state index in [4.69, 9.17) is 0 Å². The van der Waals surface area contributed by atoms with Crippen LogP contribution in [0.4, 0.5) is 23.2 Å². The van der Waals surface area contributed by atoms with Gasteiger partial charge < -0.3 is 5.32 Å². The normalized spacial score (nSPS) is 13.4. The van der Waals surface area contributed by atoms with Gasteiger partial charge in [0.25, 0.3) is 11.7 Å². The maximum Gasteiger partial charge on any atom is 0.418 e. The zero-order valence-corrected chi connectivity index (χ0v) is 15.3. The number of alkyl halides is 3. The Morgan fingerprint density at radius 2 is 1.83 bits per heavy atom. The highest BCUT2D eigenvalue weighted by atomic mass is 19.4. The molecule has 0 atom stereocenters. The number of para-hydroxylation sites is 1. The van der Waals surface area contributed by atoms with E-state index in [9.17, 15) is 22.4 Å². The van der Waals surface area contributed by atoms with Crippen molar-refractivity contribution in [3.8, 4) is 11.3 Å². The summed E-state index contributed by atoms with van der Waals surface area (Å²) in [5, 5.41) is 2.37. The highest BCUT2D eigenvalue weighted by Crippen LogP contribution is 2.34. The summed E-state index contributed by atoms with van der Waals surface area (Å²) < 4.78 is 56.5. The molecule has 1 aliphatic rings. The molecule has 2 heterocycles. The molecule has 0 aliphatic carbocycles. The molecule has 0 radical (unpaired) electrons. The second-order valence-electron chi connectivity index (χ2n) is 6.91. The van der Waals surface area contributed by atoms with Crippen LogP contribution in [-0.4, -0.2) is 10.5 Å². The Morgan fingerprint density at radius 3 is 2.55 bits per heavy atom. The molecular formula is C21H18F4N3O+. The van der Waals surface area contributed by atoms with Crippen LogP contribution in [0.1, 0.15) is 17.8 Å². The van der Waals surface area contributed by atoms with Gasteiger partial charge in [0.15, 0.2) is 12.2 Å². The van der Waals surface area contributed by atoms with Crippen molar-refractivity contribution in [2.24, 2.45) is 0 Å². The molecule has 3 aromatic rings. The van der Waals surface area contributed by atoms with Crippen LogP contribution in [0, 0.1) is 5.82 Å². The molecular weight excluding hydrogens is 386 g/mol. The third-order valence-electron chi connectivity index (χ3n) is 4.95. The third kappa shape index (κ3) is 3.87. The lowest BCUT2D eigenvalue weighted by molar-refractivity contribution is -0.690. The van der Waals surface area contributed by atoms with Crippen molar-refractivity contribution in [1.82, 2.24) is 4.57 Å². The van der Waals surface area contributed by atoms with E-state index in [1.165, 1.54) is 30.3 Å². The average Bonchev–Trinajstić information content (AvgIpc) is 3.26. The minimum Gasteiger partial charge on any atom is -0.322 e. The minimum atomic E-state index is -4.55. The van der Waals surface area contributed by atoms with Crippen molar-refractivity contribution in [2.75, 3.05) is 5.32 Å². The molecule has 0 unspecified atom stereocenters. The number of amides is 1. The van der Waals surface area contributed by atoms with Crippen molar-refractivity contribution >= 4 is 11.6 Å². The van der Waals surface area contributed by atoms with E-state index in [1.807, 2.05) is 0 Å². The molecule has 29 heavy (non-hydrogen) atoms. The van der Waals surface area contributed by atoms with Crippen molar-refractivity contribution in [1.29, 1.82) is 0 Å². The van der Waals surface area contributed by atoms with E-state index in [0.717, 1.165) is 42.5 Å². The number of hydrogen-bond donors (Lipinski definition) is 1. The topological polar surface area (TPSA) is 37.9 Å². The smallest absolute Gasteiger partial charge is 0.322 e. The van der Waals surface area contributed by atoms with Gasteiger partial charge in [-0.25, -0.2) is 13.5 Å². The van der Waals surface area contributed by atoms with Gasteiger partial charge in [-0.1, -0.05) is 12.1 Å². The van der Waals surface area contributed by atoms with E-state index in [2.05, 4.69) is 9.88 Å². The van der Waals surface area contributed by atoms with Crippen LogP contribution >= 0.6 is 0 Å². The Balaban J connectivity index is 1.59. The van der Waals surface area contributed by atoms with E-state index < -0.39 is 17.6 Å². The van der Waals surface area contributed by atoms with Crippen molar-refractivity contribution < 1.29 is 26.9 Å². The molecule has 8 heteroatoms. The third-order valence-corrected chi connectivity index (χ3v) is 4.95. The van der Waals surface area contributed by atoms with Crippen molar-refractivity contribution in [2.45, 2.75) is 32.1 Å². The standard InChI is InChI=1S/C21H17F4N3O/c22-15-9-7-14(8-10-15)18-12-27(20-6-3-11-28(18)20)13-19(29)26-17-5-2-1-4-16(17)21(23,24)25/h1-2,4-5,7-10,12H,3,6,11,13H2/p+1. The predicted molar refractivity (Wildman–Crippen MR) is 98.4 cm³/mol. The summed E-state index contributed by atoms with van der Waals surface area (Å²) in [6, 6.07) is 11.0. The molecule has 4 nitrogen and oxygen atoms in total. The number of rotatable bonds is 4. The summed E-state index contributed by atoms with van der Waals surface area (Å²) in [7, 11) is 0. The van der Waals surface area contributed by atoms with Gasteiger partial charge in [0.2, 0.25) is 0 Å². The van der Waals surface area contributed by atoms with Gasteiger partial charge in [0, 0.05) is 5.56 Å². The SMILES string of the molecule is O=C(C[n+]1cc(-c2ccc(F)cc2)n2c1CCC2)Nc1ccccc1C(F)(F)F. The number of carbonyl (C=O) groups excluding carboxylic acids is 1. The molecule has 0 saturated heterocycles. The zero-order chi connectivity index (χ0) is 20.6. The molecule has 0 saturated carbocycles. The molecule has 1 aliphatic heterocycles. The first kappa shape index (κ1) is 19.2. The van der Waals surface area contributed by atoms with Gasteiger partial charge >= 0.3 is 6.18 Å². The zero-order valence-electron chi connectivity index (χ0n) is 15.3. The number of aromatic nitrogens is 2. The fourth-order valence-electron chi connectivity index (χ4n) is 3.68. The number of hydrogen-bond acceptors (Lipinski definition) is 1. The second kappa shape index (κ2) is 7.35. The largest absolute Gasteiger partial charge is 0.418 e. The lowest BCUT2D eigenvalue weighted by atomic mass is 10.1. The van der Waals surface area contributed by atoms with E-state index in [-0.39, 0.29) is 18.0 Å². The van der Waals surface area contributed by atoms with Crippen LogP contribution in [0.25, 0.3) is 11.3 Å². The van der Waals surface area contributed by atoms with Crippen LogP contribution in [0.2, 0.25) is 0 Å². The van der Waals surface area contributed by atoms with Gasteiger partial charge in [0.05, 0.1) is 24.2 Å². The lowest BCUT2D eigenvalue weighted by Crippen LogP contribution is -2.42. The van der Waals surface area contributed by atoms with Gasteiger partial charge in [-0.05, 0) is 42.8 Å². The van der Waals surface area contributed by atoms with Gasteiger partial charge in [-0.2, -0.15) is 13.2 Å². The number of nitrogens with zero attached hydrogens (tertiary/aromatic N) is 2. The number of nitrogens with one attached hydrogen (secondary N) is 1. The number of imidazole rings is 1. The predicted octanol–water partition coefficient (Wildman–Crippen LogP) is 4.19. The Labute approximate surface area is 164 Å². The Bertz CT molecular complexity index is 1050. The first-order valence-corrected chi connectivity index (χ1v) is 9.17. The number of carbonyl (C=O) groups is 1. The fraction of sp³-hybridized carbons (Fsp3) is 0.238. The molecule has 0 bridgehead atoms. The molecule has 2 aromatic carbocycles. The van der Waals surface area contributed by atoms with Gasteiger partial charge in [-0.3, -0.25) is 4.79 Å². The van der Waals surface area contributed by atoms with Crippen molar-refractivity contribution in [3.05, 3.63) is 71.9 Å². The Kier molecular flexibility index (Phi) is 4.86. The average molecular weight is 404 g/mol. The van der Waals surface area contributed by atoms with Crippen LogP contribution in [0.5, 0.6) is 0 Å². The summed E-state index contributed by atoms with van der Waals surface area (Å²) in [6.07, 6.45) is -1.10. The molecule has 1 aromatic heterocycles. The Morgan fingerprint density at radius 1 is 1.10 bits per heavy atom. The number of halogens is 4. The van der Waals surface area contributed by atoms with Crippen LogP contribution < -0.4 is 9.88 Å². The molecule has 0 spiro atoms. The van der Waals surface area contributed by atoms with Crippen molar-refractivity contribution in [3.63, 3.8) is 0 Å². The van der Waals surface area contributed by atoms with Crippen LogP contribution in [0.3, 0.4) is 0 Å². The maximum atomic E-state index is 13.2. The monoisotopic (exact) mass is 404 g/mol. The fourth-order valence-corrected chi connectivity index (χ4v) is 3.68. The maximum absolute atomic E-state index is 13.2.